The van der Waals surface area contributed by atoms with E-state index >= 15 is 0 Å². The summed E-state index contributed by atoms with van der Waals surface area (Å²) in [6.07, 6.45) is 3.69. The number of amides is 2. The third-order valence-corrected chi connectivity index (χ3v) is 7.22. The largest absolute Gasteiger partial charge is 0.494 e. The van der Waals surface area contributed by atoms with E-state index in [9.17, 15) is 9.59 Å². The van der Waals surface area contributed by atoms with Crippen molar-refractivity contribution < 1.29 is 14.3 Å². The summed E-state index contributed by atoms with van der Waals surface area (Å²) in [4.78, 5) is 29.4. The van der Waals surface area contributed by atoms with Crippen LogP contribution in [0.2, 0.25) is 0 Å². The molecule has 2 heterocycles. The zero-order valence-electron chi connectivity index (χ0n) is 21.6. The molecule has 0 atom stereocenters. The molecule has 4 rings (SSSR count). The van der Waals surface area contributed by atoms with Crippen LogP contribution in [0.3, 0.4) is 0 Å². The van der Waals surface area contributed by atoms with Crippen molar-refractivity contribution >= 4 is 40.0 Å². The third kappa shape index (κ3) is 7.20. The Bertz CT molecular complexity index is 1370. The van der Waals surface area contributed by atoms with Crippen LogP contribution in [0.1, 0.15) is 47.1 Å². The molecule has 2 amide bonds. The van der Waals surface area contributed by atoms with Gasteiger partial charge in [0.25, 0.3) is 5.91 Å². The van der Waals surface area contributed by atoms with Crippen molar-refractivity contribution in [3.8, 4) is 11.4 Å². The fourth-order valence-corrected chi connectivity index (χ4v) is 4.89. The van der Waals surface area contributed by atoms with Crippen LogP contribution in [0, 0.1) is 13.8 Å². The van der Waals surface area contributed by atoms with Gasteiger partial charge in [-0.15, -0.1) is 21.5 Å². The smallest absolute Gasteiger partial charge is 0.251 e. The Labute approximate surface area is 230 Å². The monoisotopic (exact) mass is 550 g/mol. The Morgan fingerprint density at radius 1 is 1.11 bits per heavy atom. The minimum atomic E-state index is -0.224. The van der Waals surface area contributed by atoms with Crippen molar-refractivity contribution in [2.45, 2.75) is 45.3 Å². The van der Waals surface area contributed by atoms with Gasteiger partial charge in [-0.2, -0.15) is 0 Å². The number of unbranched alkanes of at least 4 members (excludes halogenated alkanes) is 1. The Morgan fingerprint density at radius 2 is 1.92 bits per heavy atom. The first-order valence-corrected chi connectivity index (χ1v) is 14.2. The average molecular weight is 551 g/mol. The van der Waals surface area contributed by atoms with Crippen molar-refractivity contribution in [2.24, 2.45) is 0 Å². The molecule has 0 aliphatic rings. The molecule has 0 saturated heterocycles. The summed E-state index contributed by atoms with van der Waals surface area (Å²) < 4.78 is 7.58. The molecule has 0 aliphatic heterocycles. The number of nitrogens with zero attached hydrogens (tertiary/aromatic N) is 4. The van der Waals surface area contributed by atoms with E-state index in [4.69, 9.17) is 4.74 Å². The van der Waals surface area contributed by atoms with E-state index in [1.54, 1.807) is 35.8 Å². The molecule has 0 bridgehead atoms. The number of hydrogen-bond donors (Lipinski definition) is 2. The molecule has 11 heteroatoms. The number of thiazole rings is 1. The van der Waals surface area contributed by atoms with Gasteiger partial charge < -0.3 is 15.4 Å². The molecule has 0 aliphatic carbocycles. The summed E-state index contributed by atoms with van der Waals surface area (Å²) in [7, 11) is 0. The van der Waals surface area contributed by atoms with Gasteiger partial charge in [0.2, 0.25) is 5.91 Å². The highest BCUT2D eigenvalue weighted by molar-refractivity contribution is 7.99. The van der Waals surface area contributed by atoms with Gasteiger partial charge in [0.15, 0.2) is 16.1 Å². The zero-order chi connectivity index (χ0) is 26.9. The average Bonchev–Trinajstić information content (AvgIpc) is 3.58. The number of nitrogens with one attached hydrogen (secondary N) is 2. The number of rotatable bonds is 12. The van der Waals surface area contributed by atoms with Gasteiger partial charge in [-0.25, -0.2) is 4.98 Å². The molecular formula is C27H30N6O3S2. The molecule has 38 heavy (non-hydrogen) atoms. The highest BCUT2D eigenvalue weighted by Crippen LogP contribution is 2.26. The van der Waals surface area contributed by atoms with E-state index in [0.29, 0.717) is 28.3 Å². The number of hydrogen-bond acceptors (Lipinski definition) is 8. The number of aryl methyl sites for hydroxylation is 2. The summed E-state index contributed by atoms with van der Waals surface area (Å²) in [5.41, 5.74) is 3.53. The number of carbonyl (C=O) groups is 2. The minimum absolute atomic E-state index is 0.140. The summed E-state index contributed by atoms with van der Waals surface area (Å²) in [5.74, 6) is 1.04. The van der Waals surface area contributed by atoms with E-state index in [1.165, 1.54) is 23.1 Å². The minimum Gasteiger partial charge on any atom is -0.494 e. The van der Waals surface area contributed by atoms with Gasteiger partial charge in [0.1, 0.15) is 5.75 Å². The molecule has 198 valence electrons. The van der Waals surface area contributed by atoms with E-state index in [0.717, 1.165) is 35.4 Å². The highest BCUT2D eigenvalue weighted by atomic mass is 32.2. The normalized spacial score (nSPS) is 10.8. The number of ether oxygens (including phenoxy) is 1. The van der Waals surface area contributed by atoms with E-state index in [-0.39, 0.29) is 24.1 Å². The van der Waals surface area contributed by atoms with Crippen molar-refractivity contribution in [3.05, 3.63) is 76.6 Å². The molecule has 9 nitrogen and oxygen atoms in total. The maximum atomic E-state index is 12.9. The van der Waals surface area contributed by atoms with Gasteiger partial charge >= 0.3 is 0 Å². The zero-order valence-corrected chi connectivity index (χ0v) is 23.2. The summed E-state index contributed by atoms with van der Waals surface area (Å²) in [5, 5.41) is 17.3. The van der Waals surface area contributed by atoms with Gasteiger partial charge in [0, 0.05) is 17.1 Å². The molecule has 0 unspecified atom stereocenters. The van der Waals surface area contributed by atoms with Crippen molar-refractivity contribution in [1.82, 2.24) is 25.1 Å². The standard InChI is InChI=1S/C27H30N6O3S2/c1-4-5-13-36-21-10-8-20(9-11-21)25(35)29-16-23-31-32-27(33(23)22-15-18(2)6-7-19(22)3)38-17-24(34)30-26-28-12-14-37-26/h6-12,14-15H,4-5,13,16-17H2,1-3H3,(H,29,35)(H,28,30,34). The lowest BCUT2D eigenvalue weighted by molar-refractivity contribution is -0.113. The molecule has 2 aromatic carbocycles. The number of aromatic nitrogens is 4. The molecule has 4 aromatic rings. The Balaban J connectivity index is 1.48. The Hall–Kier alpha value is -3.70. The Morgan fingerprint density at radius 3 is 2.66 bits per heavy atom. The first-order valence-electron chi connectivity index (χ1n) is 12.3. The predicted molar refractivity (Wildman–Crippen MR) is 150 cm³/mol. The lowest BCUT2D eigenvalue weighted by atomic mass is 10.1. The molecule has 0 spiro atoms. The lowest BCUT2D eigenvalue weighted by Crippen LogP contribution is -2.24. The second-order valence-corrected chi connectivity index (χ2v) is 10.4. The van der Waals surface area contributed by atoms with Crippen LogP contribution >= 0.6 is 23.1 Å². The van der Waals surface area contributed by atoms with Crippen LogP contribution in [0.5, 0.6) is 5.75 Å². The molecule has 0 radical (unpaired) electrons. The molecule has 2 aromatic heterocycles. The highest BCUT2D eigenvalue weighted by Gasteiger charge is 2.19. The van der Waals surface area contributed by atoms with Crippen LogP contribution in [-0.2, 0) is 11.3 Å². The van der Waals surface area contributed by atoms with Crippen LogP contribution in [0.15, 0.2) is 59.2 Å². The molecule has 0 saturated carbocycles. The van der Waals surface area contributed by atoms with Crippen LogP contribution in [-0.4, -0.2) is 43.9 Å². The van der Waals surface area contributed by atoms with Crippen LogP contribution < -0.4 is 15.4 Å². The van der Waals surface area contributed by atoms with E-state index < -0.39 is 0 Å². The lowest BCUT2D eigenvalue weighted by Gasteiger charge is -2.14. The Kier molecular flexibility index (Phi) is 9.50. The number of thioether (sulfide) groups is 1. The summed E-state index contributed by atoms with van der Waals surface area (Å²) >= 11 is 2.64. The molecular weight excluding hydrogens is 520 g/mol. The van der Waals surface area contributed by atoms with Gasteiger partial charge in [-0.3, -0.25) is 14.2 Å². The SMILES string of the molecule is CCCCOc1ccc(C(=O)NCc2nnc(SCC(=O)Nc3nccs3)n2-c2cc(C)ccc2C)cc1. The van der Waals surface area contributed by atoms with Gasteiger partial charge in [0.05, 0.1) is 24.6 Å². The number of anilines is 1. The molecule has 0 fully saturated rings. The fraction of sp³-hybridized carbons (Fsp3) is 0.296. The second-order valence-electron chi connectivity index (χ2n) is 8.61. The van der Waals surface area contributed by atoms with E-state index in [1.807, 2.05) is 36.6 Å². The first-order chi connectivity index (χ1) is 18.4. The van der Waals surface area contributed by atoms with Crippen LogP contribution in [0.4, 0.5) is 5.13 Å². The quantitative estimate of drug-likeness (QED) is 0.185. The molecule has 2 N–H and O–H groups in total. The van der Waals surface area contributed by atoms with E-state index in [2.05, 4.69) is 32.7 Å². The summed E-state index contributed by atoms with van der Waals surface area (Å²) in [6.45, 7) is 6.95. The maximum absolute atomic E-state index is 12.9. The fourth-order valence-electron chi connectivity index (χ4n) is 3.58. The topological polar surface area (TPSA) is 111 Å². The second kappa shape index (κ2) is 13.2. The van der Waals surface area contributed by atoms with Crippen LogP contribution in [0.25, 0.3) is 5.69 Å². The van der Waals surface area contributed by atoms with Crippen molar-refractivity contribution in [1.29, 1.82) is 0 Å². The van der Waals surface area contributed by atoms with Gasteiger partial charge in [-0.1, -0.05) is 37.2 Å². The van der Waals surface area contributed by atoms with Gasteiger partial charge in [-0.05, 0) is 61.7 Å². The van der Waals surface area contributed by atoms with Crippen molar-refractivity contribution in [3.63, 3.8) is 0 Å². The number of carbonyl (C=O) groups excluding carboxylic acids is 2. The first kappa shape index (κ1) is 27.3. The third-order valence-electron chi connectivity index (χ3n) is 5.61. The maximum Gasteiger partial charge on any atom is 0.251 e. The predicted octanol–water partition coefficient (Wildman–Crippen LogP) is 5.18. The number of benzene rings is 2. The summed E-state index contributed by atoms with van der Waals surface area (Å²) in [6, 6.07) is 13.2. The van der Waals surface area contributed by atoms with Crippen molar-refractivity contribution in [2.75, 3.05) is 17.7 Å².